The van der Waals surface area contributed by atoms with Gasteiger partial charge in [-0.2, -0.15) is 0 Å². The molecule has 0 atom stereocenters. The molecule has 6 nitrogen and oxygen atoms in total. The summed E-state index contributed by atoms with van der Waals surface area (Å²) in [7, 11) is 1.31. The SMILES string of the molecule is COC(=O)c1c(COC(=O)c2ccncc2)nc2ccccc2c1C. The van der Waals surface area contributed by atoms with E-state index in [1.807, 2.05) is 31.2 Å². The summed E-state index contributed by atoms with van der Waals surface area (Å²) in [5.41, 5.74) is 2.54. The van der Waals surface area contributed by atoms with Crippen LogP contribution in [-0.2, 0) is 16.1 Å². The van der Waals surface area contributed by atoms with Gasteiger partial charge in [0.15, 0.2) is 0 Å². The van der Waals surface area contributed by atoms with Crippen LogP contribution in [0.2, 0.25) is 0 Å². The fourth-order valence-electron chi connectivity index (χ4n) is 2.62. The first-order valence-corrected chi connectivity index (χ1v) is 7.65. The van der Waals surface area contributed by atoms with E-state index in [2.05, 4.69) is 9.97 Å². The van der Waals surface area contributed by atoms with Gasteiger partial charge in [0.05, 0.1) is 29.4 Å². The quantitative estimate of drug-likeness (QED) is 0.681. The molecule has 0 aliphatic carbocycles. The maximum atomic E-state index is 12.2. The largest absolute Gasteiger partial charge is 0.465 e. The summed E-state index contributed by atoms with van der Waals surface area (Å²) < 4.78 is 10.2. The third-order valence-corrected chi connectivity index (χ3v) is 3.87. The van der Waals surface area contributed by atoms with Crippen molar-refractivity contribution in [1.82, 2.24) is 9.97 Å². The second kappa shape index (κ2) is 7.09. The maximum Gasteiger partial charge on any atom is 0.340 e. The number of nitrogens with zero attached hydrogens (tertiary/aromatic N) is 2. The Bertz CT molecular complexity index is 939. The summed E-state index contributed by atoms with van der Waals surface area (Å²) in [5.74, 6) is -1.02. The van der Waals surface area contributed by atoms with E-state index in [1.165, 1.54) is 19.5 Å². The van der Waals surface area contributed by atoms with Gasteiger partial charge in [-0.25, -0.2) is 14.6 Å². The highest BCUT2D eigenvalue weighted by molar-refractivity contribution is 5.98. The van der Waals surface area contributed by atoms with E-state index in [0.29, 0.717) is 16.8 Å². The van der Waals surface area contributed by atoms with Crippen LogP contribution in [-0.4, -0.2) is 29.0 Å². The first kappa shape index (κ1) is 16.6. The fourth-order valence-corrected chi connectivity index (χ4v) is 2.62. The monoisotopic (exact) mass is 336 g/mol. The first-order valence-electron chi connectivity index (χ1n) is 7.65. The molecule has 0 bridgehead atoms. The van der Waals surface area contributed by atoms with Gasteiger partial charge in [-0.1, -0.05) is 18.2 Å². The van der Waals surface area contributed by atoms with Crippen molar-refractivity contribution in [2.75, 3.05) is 7.11 Å². The van der Waals surface area contributed by atoms with E-state index in [-0.39, 0.29) is 6.61 Å². The van der Waals surface area contributed by atoms with E-state index in [1.54, 1.807) is 12.1 Å². The summed E-state index contributed by atoms with van der Waals surface area (Å²) in [6, 6.07) is 10.6. The summed E-state index contributed by atoms with van der Waals surface area (Å²) in [5, 5.41) is 0.854. The molecular weight excluding hydrogens is 320 g/mol. The molecular formula is C19H16N2O4. The van der Waals surface area contributed by atoms with Crippen molar-refractivity contribution in [2.24, 2.45) is 0 Å². The van der Waals surface area contributed by atoms with Crippen molar-refractivity contribution in [2.45, 2.75) is 13.5 Å². The van der Waals surface area contributed by atoms with Crippen LogP contribution >= 0.6 is 0 Å². The van der Waals surface area contributed by atoms with Gasteiger partial charge in [0.1, 0.15) is 6.61 Å². The molecule has 2 heterocycles. The molecule has 3 aromatic rings. The van der Waals surface area contributed by atoms with Gasteiger partial charge in [0.25, 0.3) is 0 Å². The zero-order valence-corrected chi connectivity index (χ0v) is 13.9. The lowest BCUT2D eigenvalue weighted by atomic mass is 10.0. The fraction of sp³-hybridized carbons (Fsp3) is 0.158. The van der Waals surface area contributed by atoms with Gasteiger partial charge in [-0.05, 0) is 30.7 Å². The highest BCUT2D eigenvalue weighted by Gasteiger charge is 2.20. The van der Waals surface area contributed by atoms with Crippen LogP contribution in [0, 0.1) is 6.92 Å². The van der Waals surface area contributed by atoms with Crippen LogP contribution in [0.4, 0.5) is 0 Å². The second-order valence-electron chi connectivity index (χ2n) is 5.38. The number of ether oxygens (including phenoxy) is 2. The second-order valence-corrected chi connectivity index (χ2v) is 5.38. The molecule has 0 saturated carbocycles. The van der Waals surface area contributed by atoms with Crippen LogP contribution in [0.5, 0.6) is 0 Å². The molecule has 0 aliphatic rings. The smallest absolute Gasteiger partial charge is 0.340 e. The Morgan fingerprint density at radius 1 is 1.04 bits per heavy atom. The van der Waals surface area contributed by atoms with Gasteiger partial charge >= 0.3 is 11.9 Å². The molecule has 126 valence electrons. The average molecular weight is 336 g/mol. The Hall–Kier alpha value is -3.28. The van der Waals surface area contributed by atoms with Crippen LogP contribution in [0.1, 0.15) is 32.0 Å². The number of carbonyl (C=O) groups excluding carboxylic acids is 2. The van der Waals surface area contributed by atoms with Crippen molar-refractivity contribution in [1.29, 1.82) is 0 Å². The van der Waals surface area contributed by atoms with Gasteiger partial charge in [-0.3, -0.25) is 4.98 Å². The summed E-state index contributed by atoms with van der Waals surface area (Å²) >= 11 is 0. The lowest BCUT2D eigenvalue weighted by molar-refractivity contribution is 0.0455. The van der Waals surface area contributed by atoms with Crippen LogP contribution < -0.4 is 0 Å². The molecule has 0 aliphatic heterocycles. The van der Waals surface area contributed by atoms with Crippen molar-refractivity contribution in [3.8, 4) is 0 Å². The Kier molecular flexibility index (Phi) is 4.70. The number of methoxy groups -OCH3 is 1. The third kappa shape index (κ3) is 3.33. The van der Waals surface area contributed by atoms with Crippen molar-refractivity contribution in [3.63, 3.8) is 0 Å². The molecule has 0 N–H and O–H groups in total. The molecule has 25 heavy (non-hydrogen) atoms. The van der Waals surface area contributed by atoms with Crippen LogP contribution in [0.3, 0.4) is 0 Å². The first-order chi connectivity index (χ1) is 12.1. The number of esters is 2. The number of rotatable bonds is 4. The standard InChI is InChI=1S/C19H16N2O4/c1-12-14-5-3-4-6-15(14)21-16(17(12)19(23)24-2)11-25-18(22)13-7-9-20-10-8-13/h3-10H,11H2,1-2H3. The van der Waals surface area contributed by atoms with E-state index < -0.39 is 11.9 Å². The number of para-hydroxylation sites is 1. The van der Waals surface area contributed by atoms with E-state index >= 15 is 0 Å². The van der Waals surface area contributed by atoms with Gasteiger partial charge < -0.3 is 9.47 Å². The Morgan fingerprint density at radius 2 is 1.76 bits per heavy atom. The van der Waals surface area contributed by atoms with Gasteiger partial charge in [0.2, 0.25) is 0 Å². The topological polar surface area (TPSA) is 78.4 Å². The molecule has 3 rings (SSSR count). The number of hydrogen-bond donors (Lipinski definition) is 0. The molecule has 0 fully saturated rings. The molecule has 0 radical (unpaired) electrons. The zero-order chi connectivity index (χ0) is 17.8. The minimum atomic E-state index is -0.509. The Balaban J connectivity index is 1.97. The lowest BCUT2D eigenvalue weighted by Gasteiger charge is -2.13. The molecule has 1 aromatic carbocycles. The van der Waals surface area contributed by atoms with E-state index in [9.17, 15) is 9.59 Å². The number of fused-ring (bicyclic) bond motifs is 1. The number of aryl methyl sites for hydroxylation is 1. The normalized spacial score (nSPS) is 10.5. The van der Waals surface area contributed by atoms with E-state index in [0.717, 1.165) is 16.5 Å². The maximum absolute atomic E-state index is 12.2. The van der Waals surface area contributed by atoms with Crippen LogP contribution in [0.25, 0.3) is 10.9 Å². The highest BCUT2D eigenvalue weighted by Crippen LogP contribution is 2.24. The molecule has 6 heteroatoms. The Labute approximate surface area is 144 Å². The van der Waals surface area contributed by atoms with Crippen molar-refractivity contribution < 1.29 is 19.1 Å². The third-order valence-electron chi connectivity index (χ3n) is 3.87. The predicted octanol–water partition coefficient (Wildman–Crippen LogP) is 3.08. The number of hydrogen-bond acceptors (Lipinski definition) is 6. The lowest BCUT2D eigenvalue weighted by Crippen LogP contribution is -2.14. The Morgan fingerprint density at radius 3 is 2.48 bits per heavy atom. The highest BCUT2D eigenvalue weighted by atomic mass is 16.5. The number of aromatic nitrogens is 2. The summed E-state index contributed by atoms with van der Waals surface area (Å²) in [6.07, 6.45) is 3.02. The van der Waals surface area contributed by atoms with Crippen molar-refractivity contribution >= 4 is 22.8 Å². The van der Waals surface area contributed by atoms with Gasteiger partial charge in [-0.15, -0.1) is 0 Å². The van der Waals surface area contributed by atoms with Crippen molar-refractivity contribution in [3.05, 3.63) is 71.2 Å². The van der Waals surface area contributed by atoms with E-state index in [4.69, 9.17) is 9.47 Å². The number of pyridine rings is 2. The predicted molar refractivity (Wildman–Crippen MR) is 91.2 cm³/mol. The number of carbonyl (C=O) groups is 2. The average Bonchev–Trinajstić information content (AvgIpc) is 2.66. The number of benzene rings is 1. The summed E-state index contributed by atoms with van der Waals surface area (Å²) in [4.78, 5) is 32.7. The van der Waals surface area contributed by atoms with Crippen LogP contribution in [0.15, 0.2) is 48.8 Å². The zero-order valence-electron chi connectivity index (χ0n) is 13.9. The molecule has 0 spiro atoms. The minimum Gasteiger partial charge on any atom is -0.465 e. The van der Waals surface area contributed by atoms with Gasteiger partial charge in [0, 0.05) is 17.8 Å². The molecule has 0 unspecified atom stereocenters. The minimum absolute atomic E-state index is 0.128. The molecule has 0 amide bonds. The summed E-state index contributed by atoms with van der Waals surface area (Å²) in [6.45, 7) is 1.70. The molecule has 2 aromatic heterocycles. The molecule has 0 saturated heterocycles.